The van der Waals surface area contributed by atoms with Crippen molar-refractivity contribution in [3.63, 3.8) is 0 Å². The average Bonchev–Trinajstić information content (AvgIpc) is 3.79. The van der Waals surface area contributed by atoms with Gasteiger partial charge in [0.25, 0.3) is 0 Å². The molecule has 3 aliphatic carbocycles. The molecule has 1 heterocycles. The topological polar surface area (TPSA) is 94.5 Å². The first-order valence-corrected chi connectivity index (χ1v) is 18.8. The van der Waals surface area contributed by atoms with Gasteiger partial charge in [-0.1, -0.05) is 31.8 Å². The lowest BCUT2D eigenvalue weighted by atomic mass is 9.88. The second kappa shape index (κ2) is 12.1. The Kier molecular flexibility index (Phi) is 8.71. The van der Waals surface area contributed by atoms with Crippen molar-refractivity contribution in [2.24, 2.45) is 17.8 Å². The van der Waals surface area contributed by atoms with Gasteiger partial charge in [0.2, 0.25) is 5.91 Å². The van der Waals surface area contributed by atoms with Gasteiger partial charge in [0, 0.05) is 31.6 Å². The fourth-order valence-corrected chi connectivity index (χ4v) is 6.50. The molecule has 9 heteroatoms. The molecule has 2 amide bonds. The van der Waals surface area contributed by atoms with Crippen molar-refractivity contribution in [3.8, 4) is 11.1 Å². The minimum atomic E-state index is -1.13. The highest BCUT2D eigenvalue weighted by Gasteiger charge is 2.48. The van der Waals surface area contributed by atoms with Gasteiger partial charge in [-0.05, 0) is 100 Å². The number of nitrogens with zero attached hydrogens (tertiary/aromatic N) is 2. The maximum atomic E-state index is 13.6. The van der Waals surface area contributed by atoms with Crippen LogP contribution in [0.15, 0.2) is 24.3 Å². The third-order valence-corrected chi connectivity index (χ3v) is 10.3. The maximum absolute atomic E-state index is 13.6. The number of aromatic nitrogens is 2. The number of amides is 2. The molecule has 0 unspecified atom stereocenters. The number of ether oxygens (including phenoxy) is 2. The number of alkyl carbamates (subject to hydrolysis) is 1. The molecule has 218 valence electrons. The molecule has 1 aromatic carbocycles. The van der Waals surface area contributed by atoms with E-state index in [1.807, 2.05) is 35.9 Å². The van der Waals surface area contributed by atoms with Gasteiger partial charge >= 0.3 is 6.09 Å². The first-order valence-electron chi connectivity index (χ1n) is 15.1. The second-order valence-corrected chi connectivity index (χ2v) is 18.9. The van der Waals surface area contributed by atoms with Crippen LogP contribution in [0.1, 0.15) is 56.3 Å². The van der Waals surface area contributed by atoms with Gasteiger partial charge in [0.1, 0.15) is 18.9 Å². The van der Waals surface area contributed by atoms with Gasteiger partial charge in [-0.2, -0.15) is 5.10 Å². The van der Waals surface area contributed by atoms with E-state index in [0.717, 1.165) is 85.8 Å². The SMILES string of the molecule is Cc1nn(COCC[Si](C)(C)C)c(C)c1-c1ccc(NC(=O)[C@@H](NC(=O)OC2CCC2)C(C2CC2)C2CC2)cc1. The summed E-state index contributed by atoms with van der Waals surface area (Å²) in [5.74, 6) is 1.04. The van der Waals surface area contributed by atoms with Gasteiger partial charge in [-0.25, -0.2) is 9.48 Å². The van der Waals surface area contributed by atoms with Crippen LogP contribution in [0.5, 0.6) is 0 Å². The van der Waals surface area contributed by atoms with E-state index in [2.05, 4.69) is 37.2 Å². The maximum Gasteiger partial charge on any atom is 0.408 e. The van der Waals surface area contributed by atoms with E-state index in [0.29, 0.717) is 18.6 Å². The van der Waals surface area contributed by atoms with Crippen LogP contribution >= 0.6 is 0 Å². The van der Waals surface area contributed by atoms with Crippen molar-refractivity contribution in [2.75, 3.05) is 11.9 Å². The van der Waals surface area contributed by atoms with Crippen LogP contribution in [0.2, 0.25) is 25.7 Å². The Labute approximate surface area is 239 Å². The zero-order chi connectivity index (χ0) is 28.4. The molecular weight excluding hydrogens is 520 g/mol. The normalized spacial score (nSPS) is 18.4. The minimum Gasteiger partial charge on any atom is -0.446 e. The Balaban J connectivity index is 1.24. The van der Waals surface area contributed by atoms with Crippen molar-refractivity contribution < 1.29 is 19.1 Å². The van der Waals surface area contributed by atoms with Crippen molar-refractivity contribution in [2.45, 2.75) is 103 Å². The summed E-state index contributed by atoms with van der Waals surface area (Å²) in [5, 5.41) is 10.8. The summed E-state index contributed by atoms with van der Waals surface area (Å²) < 4.78 is 13.4. The number of carbonyl (C=O) groups is 2. The lowest BCUT2D eigenvalue weighted by Crippen LogP contribution is -2.51. The Morgan fingerprint density at radius 1 is 1.02 bits per heavy atom. The molecule has 0 saturated heterocycles. The smallest absolute Gasteiger partial charge is 0.408 e. The molecule has 3 aliphatic rings. The first-order chi connectivity index (χ1) is 19.1. The molecular formula is C31H46N4O4Si. The van der Waals surface area contributed by atoms with Gasteiger partial charge < -0.3 is 20.1 Å². The highest BCUT2D eigenvalue weighted by molar-refractivity contribution is 6.76. The van der Waals surface area contributed by atoms with Crippen LogP contribution in [0.25, 0.3) is 11.1 Å². The van der Waals surface area contributed by atoms with Crippen LogP contribution in [-0.2, 0) is 21.0 Å². The molecule has 1 atom stereocenters. The largest absolute Gasteiger partial charge is 0.446 e. The molecule has 0 bridgehead atoms. The fraction of sp³-hybridized carbons (Fsp3) is 0.645. The zero-order valence-corrected chi connectivity index (χ0v) is 25.8. The Bertz CT molecular complexity index is 1180. The number of benzene rings is 1. The number of nitrogens with one attached hydrogen (secondary N) is 2. The number of anilines is 1. The minimum absolute atomic E-state index is 0.00969. The van der Waals surface area contributed by atoms with Gasteiger partial charge in [0.15, 0.2) is 0 Å². The van der Waals surface area contributed by atoms with E-state index in [1.165, 1.54) is 0 Å². The molecule has 8 nitrogen and oxygen atoms in total. The van der Waals surface area contributed by atoms with E-state index in [9.17, 15) is 9.59 Å². The second-order valence-electron chi connectivity index (χ2n) is 13.3. The summed E-state index contributed by atoms with van der Waals surface area (Å²) in [5.41, 5.74) is 4.87. The van der Waals surface area contributed by atoms with Crippen LogP contribution in [-0.4, -0.2) is 48.6 Å². The summed E-state index contributed by atoms with van der Waals surface area (Å²) in [6.45, 7) is 12.4. The van der Waals surface area contributed by atoms with Crippen LogP contribution in [0.3, 0.4) is 0 Å². The van der Waals surface area contributed by atoms with E-state index < -0.39 is 20.2 Å². The first kappa shape index (κ1) is 28.9. The monoisotopic (exact) mass is 566 g/mol. The fourth-order valence-electron chi connectivity index (χ4n) is 5.74. The Morgan fingerprint density at radius 2 is 1.68 bits per heavy atom. The molecule has 3 saturated carbocycles. The zero-order valence-electron chi connectivity index (χ0n) is 24.8. The molecule has 1 aromatic heterocycles. The lowest BCUT2D eigenvalue weighted by Gasteiger charge is -2.30. The number of aryl methyl sites for hydroxylation is 1. The van der Waals surface area contributed by atoms with Crippen molar-refractivity contribution >= 4 is 25.8 Å². The highest BCUT2D eigenvalue weighted by Crippen LogP contribution is 2.51. The molecule has 40 heavy (non-hydrogen) atoms. The van der Waals surface area contributed by atoms with E-state index in [4.69, 9.17) is 14.6 Å². The van der Waals surface area contributed by atoms with Crippen molar-refractivity contribution in [3.05, 3.63) is 35.7 Å². The number of rotatable bonds is 13. The van der Waals surface area contributed by atoms with E-state index in [-0.39, 0.29) is 17.9 Å². The lowest BCUT2D eigenvalue weighted by molar-refractivity contribution is -0.119. The van der Waals surface area contributed by atoms with Crippen LogP contribution in [0, 0.1) is 31.6 Å². The van der Waals surface area contributed by atoms with Gasteiger partial charge in [-0.15, -0.1) is 0 Å². The van der Waals surface area contributed by atoms with E-state index >= 15 is 0 Å². The van der Waals surface area contributed by atoms with Crippen molar-refractivity contribution in [1.29, 1.82) is 0 Å². The van der Waals surface area contributed by atoms with Crippen LogP contribution < -0.4 is 10.6 Å². The van der Waals surface area contributed by atoms with Crippen LogP contribution in [0.4, 0.5) is 10.5 Å². The van der Waals surface area contributed by atoms with Gasteiger partial charge in [-0.3, -0.25) is 4.79 Å². The molecule has 0 spiro atoms. The summed E-state index contributed by atoms with van der Waals surface area (Å²) in [4.78, 5) is 26.2. The van der Waals surface area contributed by atoms with Crippen molar-refractivity contribution in [1.82, 2.24) is 15.1 Å². The number of hydrogen-bond donors (Lipinski definition) is 2. The predicted octanol–water partition coefficient (Wildman–Crippen LogP) is 6.50. The summed E-state index contributed by atoms with van der Waals surface area (Å²) in [6.07, 6.45) is 6.98. The molecule has 2 N–H and O–H groups in total. The predicted molar refractivity (Wildman–Crippen MR) is 160 cm³/mol. The third kappa shape index (κ3) is 7.35. The summed E-state index contributed by atoms with van der Waals surface area (Å²) in [7, 11) is -1.13. The number of hydrogen-bond acceptors (Lipinski definition) is 5. The molecule has 5 rings (SSSR count). The Morgan fingerprint density at radius 3 is 2.23 bits per heavy atom. The average molecular weight is 567 g/mol. The number of carbonyl (C=O) groups excluding carboxylic acids is 2. The summed E-state index contributed by atoms with van der Waals surface area (Å²) in [6, 6.07) is 8.47. The molecule has 2 aromatic rings. The molecule has 0 radical (unpaired) electrons. The summed E-state index contributed by atoms with van der Waals surface area (Å²) >= 11 is 0. The molecule has 0 aliphatic heterocycles. The van der Waals surface area contributed by atoms with E-state index in [1.54, 1.807) is 0 Å². The quantitative estimate of drug-likeness (QED) is 0.213. The highest BCUT2D eigenvalue weighted by atomic mass is 28.3. The third-order valence-electron chi connectivity index (χ3n) is 8.63. The Hall–Kier alpha value is -2.65. The standard InChI is InChI=1S/C31H46N4O4Si/c1-20-27(21(2)35(34-20)19-38-17-18-40(3,4)5)22-13-15-25(16-14-22)32-30(36)29(28(23-9-10-23)24-11-12-24)33-31(37)39-26-7-6-8-26/h13-16,23-24,26,28-29H,6-12,17-19H2,1-5H3,(H,32,36)(H,33,37)/t29-/m0/s1. The van der Waals surface area contributed by atoms with Gasteiger partial charge in [0.05, 0.1) is 5.69 Å². The molecule has 3 fully saturated rings.